The molecule has 7 heteroatoms. The molecule has 2 aromatic heterocycles. The second-order valence-corrected chi connectivity index (χ2v) is 6.10. The molecule has 0 saturated heterocycles. The summed E-state index contributed by atoms with van der Waals surface area (Å²) in [5, 5.41) is 7.05. The molecule has 0 aliphatic rings. The van der Waals surface area contributed by atoms with Gasteiger partial charge in [-0.25, -0.2) is 10.8 Å². The lowest BCUT2D eigenvalue weighted by atomic mass is 10.1. The summed E-state index contributed by atoms with van der Waals surface area (Å²) in [6.45, 7) is 1.97. The van der Waals surface area contributed by atoms with Gasteiger partial charge in [-0.2, -0.15) is 11.3 Å². The number of carbonyl (C=O) groups is 1. The first-order valence-electron chi connectivity index (χ1n) is 6.04. The summed E-state index contributed by atoms with van der Waals surface area (Å²) in [5.41, 5.74) is 4.06. The van der Waals surface area contributed by atoms with Crippen LogP contribution in [0.25, 0.3) is 0 Å². The summed E-state index contributed by atoms with van der Waals surface area (Å²) >= 11 is 4.95. The quantitative estimate of drug-likeness (QED) is 0.569. The van der Waals surface area contributed by atoms with Crippen molar-refractivity contribution < 1.29 is 4.79 Å². The van der Waals surface area contributed by atoms with Crippen LogP contribution < -0.4 is 16.6 Å². The Labute approximate surface area is 129 Å². The van der Waals surface area contributed by atoms with Crippen molar-refractivity contribution in [3.63, 3.8) is 0 Å². The first kappa shape index (κ1) is 15.0. The van der Waals surface area contributed by atoms with Crippen molar-refractivity contribution in [3.05, 3.63) is 44.7 Å². The molecule has 0 saturated carbocycles. The summed E-state index contributed by atoms with van der Waals surface area (Å²) in [7, 11) is 0. The smallest absolute Gasteiger partial charge is 0.255 e. The normalized spacial score (nSPS) is 11.9. The Morgan fingerprint density at radius 1 is 1.60 bits per heavy atom. The number of pyridine rings is 1. The number of nitrogens with zero attached hydrogens (tertiary/aromatic N) is 1. The van der Waals surface area contributed by atoms with Crippen molar-refractivity contribution in [1.82, 2.24) is 10.3 Å². The molecule has 1 atom stereocenters. The van der Waals surface area contributed by atoms with Gasteiger partial charge in [-0.15, -0.1) is 0 Å². The van der Waals surface area contributed by atoms with Crippen molar-refractivity contribution in [3.8, 4) is 0 Å². The third-order valence-corrected chi connectivity index (χ3v) is 3.90. The first-order chi connectivity index (χ1) is 9.60. The van der Waals surface area contributed by atoms with Gasteiger partial charge in [0.25, 0.3) is 5.91 Å². The highest BCUT2D eigenvalue weighted by atomic mass is 79.9. The number of hydrogen-bond donors (Lipinski definition) is 3. The SMILES string of the molecule is CC(Cc1ccsc1)NC(=O)c1cc(Br)cnc1NN. The van der Waals surface area contributed by atoms with E-state index in [1.54, 1.807) is 23.6 Å². The van der Waals surface area contributed by atoms with Crippen molar-refractivity contribution in [1.29, 1.82) is 0 Å². The van der Waals surface area contributed by atoms with E-state index in [-0.39, 0.29) is 11.9 Å². The van der Waals surface area contributed by atoms with Gasteiger partial charge < -0.3 is 10.7 Å². The van der Waals surface area contributed by atoms with Crippen molar-refractivity contribution in [2.24, 2.45) is 5.84 Å². The molecular formula is C13H15BrN4OS. The average Bonchev–Trinajstić information content (AvgIpc) is 2.91. The zero-order chi connectivity index (χ0) is 14.5. The minimum Gasteiger partial charge on any atom is -0.349 e. The summed E-state index contributed by atoms with van der Waals surface area (Å²) in [6.07, 6.45) is 2.38. The maximum atomic E-state index is 12.3. The van der Waals surface area contributed by atoms with Crippen LogP contribution in [0.2, 0.25) is 0 Å². The van der Waals surface area contributed by atoms with E-state index in [0.29, 0.717) is 11.4 Å². The summed E-state index contributed by atoms with van der Waals surface area (Å²) in [4.78, 5) is 16.3. The number of nitrogens with two attached hydrogens (primary N) is 1. The number of thiophene rings is 1. The fraction of sp³-hybridized carbons (Fsp3) is 0.231. The van der Waals surface area contributed by atoms with Gasteiger partial charge in [0.15, 0.2) is 5.82 Å². The molecule has 2 rings (SSSR count). The van der Waals surface area contributed by atoms with Crippen LogP contribution in [-0.4, -0.2) is 16.9 Å². The molecule has 1 amide bonds. The zero-order valence-electron chi connectivity index (χ0n) is 10.9. The van der Waals surface area contributed by atoms with E-state index in [1.165, 1.54) is 5.56 Å². The Kier molecular flexibility index (Phi) is 5.11. The molecule has 4 N–H and O–H groups in total. The number of rotatable bonds is 5. The third-order valence-electron chi connectivity index (χ3n) is 2.74. The van der Waals surface area contributed by atoms with E-state index in [2.05, 4.69) is 43.1 Å². The van der Waals surface area contributed by atoms with E-state index in [1.807, 2.05) is 12.3 Å². The Bertz CT molecular complexity index is 588. The standard InChI is InChI=1S/C13H15BrN4OS/c1-8(4-9-2-3-20-7-9)17-13(19)11-5-10(14)6-16-12(11)18-15/h2-3,5-8H,4,15H2,1H3,(H,16,18)(H,17,19). The molecule has 0 bridgehead atoms. The number of halogens is 1. The van der Waals surface area contributed by atoms with E-state index < -0.39 is 0 Å². The molecule has 2 aromatic rings. The Balaban J connectivity index is 2.06. The van der Waals surface area contributed by atoms with Crippen molar-refractivity contribution in [2.45, 2.75) is 19.4 Å². The Hall–Kier alpha value is -1.44. The highest BCUT2D eigenvalue weighted by Gasteiger charge is 2.15. The first-order valence-corrected chi connectivity index (χ1v) is 7.78. The Morgan fingerprint density at radius 2 is 2.40 bits per heavy atom. The van der Waals surface area contributed by atoms with Crippen molar-refractivity contribution in [2.75, 3.05) is 5.43 Å². The number of hydrazine groups is 1. The van der Waals surface area contributed by atoms with Gasteiger partial charge >= 0.3 is 0 Å². The molecule has 106 valence electrons. The number of amides is 1. The van der Waals surface area contributed by atoms with Crippen LogP contribution in [0.1, 0.15) is 22.8 Å². The number of aromatic nitrogens is 1. The molecule has 0 fully saturated rings. The summed E-state index contributed by atoms with van der Waals surface area (Å²) in [5.74, 6) is 5.53. The minimum atomic E-state index is -0.200. The topological polar surface area (TPSA) is 80.0 Å². The highest BCUT2D eigenvalue weighted by Crippen LogP contribution is 2.17. The van der Waals surface area contributed by atoms with Gasteiger partial charge in [-0.05, 0) is 57.7 Å². The predicted molar refractivity (Wildman–Crippen MR) is 84.7 cm³/mol. The van der Waals surface area contributed by atoms with Crippen LogP contribution in [0.4, 0.5) is 5.82 Å². The number of nitrogens with one attached hydrogen (secondary N) is 2. The average molecular weight is 355 g/mol. The highest BCUT2D eigenvalue weighted by molar-refractivity contribution is 9.10. The molecule has 0 aliphatic carbocycles. The molecule has 0 radical (unpaired) electrons. The fourth-order valence-corrected chi connectivity index (χ4v) is 2.86. The van der Waals surface area contributed by atoms with E-state index in [4.69, 9.17) is 5.84 Å². The summed E-state index contributed by atoms with van der Waals surface area (Å²) in [6, 6.07) is 3.78. The largest absolute Gasteiger partial charge is 0.349 e. The zero-order valence-corrected chi connectivity index (χ0v) is 13.3. The van der Waals surface area contributed by atoms with Crippen LogP contribution in [0.15, 0.2) is 33.6 Å². The molecular weight excluding hydrogens is 340 g/mol. The van der Waals surface area contributed by atoms with Gasteiger partial charge in [0, 0.05) is 16.7 Å². The lowest BCUT2D eigenvalue weighted by Crippen LogP contribution is -2.34. The van der Waals surface area contributed by atoms with Crippen LogP contribution in [0.5, 0.6) is 0 Å². The molecule has 20 heavy (non-hydrogen) atoms. The van der Waals surface area contributed by atoms with Crippen LogP contribution >= 0.6 is 27.3 Å². The second-order valence-electron chi connectivity index (χ2n) is 4.40. The lowest BCUT2D eigenvalue weighted by Gasteiger charge is -2.14. The number of carbonyl (C=O) groups excluding carboxylic acids is 1. The maximum absolute atomic E-state index is 12.3. The van der Waals surface area contributed by atoms with E-state index in [9.17, 15) is 4.79 Å². The molecule has 0 aliphatic heterocycles. The number of hydrogen-bond acceptors (Lipinski definition) is 5. The molecule has 2 heterocycles. The van der Waals surface area contributed by atoms with Crippen LogP contribution in [0, 0.1) is 0 Å². The molecule has 5 nitrogen and oxygen atoms in total. The van der Waals surface area contributed by atoms with E-state index >= 15 is 0 Å². The monoisotopic (exact) mass is 354 g/mol. The minimum absolute atomic E-state index is 0.0294. The van der Waals surface area contributed by atoms with Gasteiger partial charge in [-0.1, -0.05) is 0 Å². The Morgan fingerprint density at radius 3 is 3.05 bits per heavy atom. The third kappa shape index (κ3) is 3.78. The second kappa shape index (κ2) is 6.83. The van der Waals surface area contributed by atoms with Crippen molar-refractivity contribution >= 4 is 39.0 Å². The van der Waals surface area contributed by atoms with Gasteiger partial charge in [0.2, 0.25) is 0 Å². The van der Waals surface area contributed by atoms with E-state index in [0.717, 1.165) is 10.9 Å². The van der Waals surface area contributed by atoms with Gasteiger partial charge in [0.05, 0.1) is 5.56 Å². The number of nitrogen functional groups attached to an aromatic ring is 1. The lowest BCUT2D eigenvalue weighted by molar-refractivity contribution is 0.0940. The molecule has 0 aromatic carbocycles. The van der Waals surface area contributed by atoms with Gasteiger partial charge in [0.1, 0.15) is 0 Å². The molecule has 0 spiro atoms. The predicted octanol–water partition coefficient (Wildman–Crippen LogP) is 2.55. The van der Waals surface area contributed by atoms with Crippen LogP contribution in [-0.2, 0) is 6.42 Å². The fourth-order valence-electron chi connectivity index (χ4n) is 1.84. The molecule has 1 unspecified atom stereocenters. The summed E-state index contributed by atoms with van der Waals surface area (Å²) < 4.78 is 0.729. The number of anilines is 1. The maximum Gasteiger partial charge on any atom is 0.255 e. The van der Waals surface area contributed by atoms with Crippen LogP contribution in [0.3, 0.4) is 0 Å². The van der Waals surface area contributed by atoms with Gasteiger partial charge in [-0.3, -0.25) is 4.79 Å².